The van der Waals surface area contributed by atoms with Gasteiger partial charge in [-0.25, -0.2) is 4.79 Å². The second-order valence-corrected chi connectivity index (χ2v) is 6.52. The van der Waals surface area contributed by atoms with Crippen molar-refractivity contribution in [1.29, 1.82) is 0 Å². The molecule has 0 radical (unpaired) electrons. The van der Waals surface area contributed by atoms with E-state index < -0.39 is 12.0 Å². The minimum atomic E-state index is -1.04. The average Bonchev–Trinajstić information content (AvgIpc) is 2.46. The van der Waals surface area contributed by atoms with Gasteiger partial charge < -0.3 is 15.2 Å². The molecule has 0 saturated carbocycles. The van der Waals surface area contributed by atoms with Gasteiger partial charge in [0.2, 0.25) is 5.91 Å². The Morgan fingerprint density at radius 1 is 1.22 bits per heavy atom. The molecule has 1 aromatic rings. The topological polar surface area (TPSA) is 75.6 Å². The van der Waals surface area contributed by atoms with Crippen molar-refractivity contribution in [3.8, 4) is 0 Å². The molecule has 0 aliphatic carbocycles. The largest absolute Gasteiger partial charge is 0.480 e. The molecule has 23 heavy (non-hydrogen) atoms. The summed E-state index contributed by atoms with van der Waals surface area (Å²) in [7, 11) is 0. The molecule has 0 heterocycles. The molecule has 0 aliphatic rings. The van der Waals surface area contributed by atoms with Gasteiger partial charge in [-0.3, -0.25) is 4.79 Å². The highest BCUT2D eigenvalue weighted by atomic mass is 16.5. The maximum absolute atomic E-state index is 12.4. The molecule has 1 rings (SSSR count). The van der Waals surface area contributed by atoms with Gasteiger partial charge in [-0.2, -0.15) is 0 Å². The molecule has 2 N–H and O–H groups in total. The van der Waals surface area contributed by atoms with Crippen molar-refractivity contribution in [1.82, 2.24) is 5.32 Å². The van der Waals surface area contributed by atoms with Crippen molar-refractivity contribution in [2.45, 2.75) is 58.1 Å². The average molecular weight is 321 g/mol. The molecule has 0 bridgehead atoms. The molecule has 5 nitrogen and oxygen atoms in total. The van der Waals surface area contributed by atoms with Crippen LogP contribution in [0.2, 0.25) is 0 Å². The lowest BCUT2D eigenvalue weighted by Crippen LogP contribution is -2.44. The normalized spacial score (nSPS) is 14.1. The molecule has 1 aromatic carbocycles. The third-order valence-corrected chi connectivity index (χ3v) is 3.48. The Morgan fingerprint density at radius 2 is 1.83 bits per heavy atom. The monoisotopic (exact) mass is 321 g/mol. The fraction of sp³-hybridized carbons (Fsp3) is 0.556. The van der Waals surface area contributed by atoms with E-state index in [9.17, 15) is 14.7 Å². The van der Waals surface area contributed by atoms with Crippen molar-refractivity contribution in [2.75, 3.05) is 6.61 Å². The summed E-state index contributed by atoms with van der Waals surface area (Å²) >= 11 is 0. The Kier molecular flexibility index (Phi) is 7.23. The van der Waals surface area contributed by atoms with Gasteiger partial charge in [0.1, 0.15) is 6.04 Å². The van der Waals surface area contributed by atoms with E-state index in [4.69, 9.17) is 4.74 Å². The number of ether oxygens (including phenoxy) is 1. The summed E-state index contributed by atoms with van der Waals surface area (Å²) in [6, 6.07) is 8.45. The van der Waals surface area contributed by atoms with Gasteiger partial charge in [0.25, 0.3) is 0 Å². The van der Waals surface area contributed by atoms with Crippen LogP contribution in [0.1, 0.15) is 52.0 Å². The van der Waals surface area contributed by atoms with Crippen molar-refractivity contribution < 1.29 is 19.4 Å². The van der Waals surface area contributed by atoms with Gasteiger partial charge in [0, 0.05) is 13.0 Å². The minimum absolute atomic E-state index is 0.240. The van der Waals surface area contributed by atoms with Crippen molar-refractivity contribution in [3.63, 3.8) is 0 Å². The second kappa shape index (κ2) is 8.67. The number of nitrogens with one attached hydrogen (secondary N) is 1. The smallest absolute Gasteiger partial charge is 0.326 e. The number of carboxylic acids is 1. The third kappa shape index (κ3) is 6.82. The van der Waals surface area contributed by atoms with Crippen LogP contribution in [0.5, 0.6) is 0 Å². The van der Waals surface area contributed by atoms with Gasteiger partial charge in [0.05, 0.1) is 11.5 Å². The predicted molar refractivity (Wildman–Crippen MR) is 89.4 cm³/mol. The summed E-state index contributed by atoms with van der Waals surface area (Å²) in [5.41, 5.74) is 0.561. The maximum Gasteiger partial charge on any atom is 0.326 e. The van der Waals surface area contributed by atoms with Crippen molar-refractivity contribution in [3.05, 3.63) is 35.9 Å². The Labute approximate surface area is 138 Å². The van der Waals surface area contributed by atoms with Crippen LogP contribution in [0.15, 0.2) is 30.3 Å². The van der Waals surface area contributed by atoms with Crippen LogP contribution < -0.4 is 5.32 Å². The summed E-state index contributed by atoms with van der Waals surface area (Å²) < 4.78 is 5.55. The highest BCUT2D eigenvalue weighted by Crippen LogP contribution is 2.19. The lowest BCUT2D eigenvalue weighted by atomic mass is 9.95. The number of amides is 1. The van der Waals surface area contributed by atoms with Gasteiger partial charge >= 0.3 is 5.97 Å². The first kappa shape index (κ1) is 19.2. The van der Waals surface area contributed by atoms with Crippen LogP contribution in [0.4, 0.5) is 0 Å². The number of benzene rings is 1. The Hall–Kier alpha value is -1.88. The number of aliphatic carboxylic acids is 1. The standard InChI is InChI=1S/C18H27NO4/c1-5-14(13-9-7-6-8-10-13)16(20)19-15(17(21)22)11-12-23-18(2,3)4/h6-10,14-15H,5,11-12H2,1-4H3,(H,19,20)(H,21,22). The number of hydrogen-bond acceptors (Lipinski definition) is 3. The molecule has 0 saturated heterocycles. The highest BCUT2D eigenvalue weighted by Gasteiger charge is 2.25. The summed E-state index contributed by atoms with van der Waals surface area (Å²) in [4.78, 5) is 23.8. The summed E-state index contributed by atoms with van der Waals surface area (Å²) in [6.07, 6.45) is 0.851. The number of carbonyl (C=O) groups is 2. The van der Waals surface area contributed by atoms with E-state index in [0.29, 0.717) is 6.42 Å². The maximum atomic E-state index is 12.4. The molecule has 0 aromatic heterocycles. The summed E-state index contributed by atoms with van der Waals surface area (Å²) in [5.74, 6) is -1.65. The van der Waals surface area contributed by atoms with Crippen molar-refractivity contribution >= 4 is 11.9 Å². The van der Waals surface area contributed by atoms with Gasteiger partial charge in [-0.05, 0) is 32.8 Å². The van der Waals surface area contributed by atoms with E-state index >= 15 is 0 Å². The van der Waals surface area contributed by atoms with Crippen LogP contribution in [-0.4, -0.2) is 35.2 Å². The van der Waals surface area contributed by atoms with Gasteiger partial charge in [-0.15, -0.1) is 0 Å². The molecule has 0 aliphatic heterocycles. The quantitative estimate of drug-likeness (QED) is 0.772. The zero-order chi connectivity index (χ0) is 17.5. The van der Waals surface area contributed by atoms with E-state index in [1.807, 2.05) is 58.0 Å². The van der Waals surface area contributed by atoms with Gasteiger partial charge in [0.15, 0.2) is 0 Å². The zero-order valence-electron chi connectivity index (χ0n) is 14.3. The fourth-order valence-corrected chi connectivity index (χ4v) is 2.27. The van der Waals surface area contributed by atoms with Crippen molar-refractivity contribution in [2.24, 2.45) is 0 Å². The van der Waals surface area contributed by atoms with E-state index in [1.165, 1.54) is 0 Å². The van der Waals surface area contributed by atoms with Crippen LogP contribution in [-0.2, 0) is 14.3 Å². The zero-order valence-corrected chi connectivity index (χ0v) is 14.3. The molecule has 128 valence electrons. The Balaban J connectivity index is 2.67. The van der Waals surface area contributed by atoms with E-state index in [2.05, 4.69) is 5.32 Å². The highest BCUT2D eigenvalue weighted by molar-refractivity contribution is 5.88. The summed E-state index contributed by atoms with van der Waals surface area (Å²) in [5, 5.41) is 11.9. The molecule has 0 fully saturated rings. The first-order chi connectivity index (χ1) is 10.7. The fourth-order valence-electron chi connectivity index (χ4n) is 2.27. The Bertz CT molecular complexity index is 508. The number of rotatable bonds is 8. The number of carbonyl (C=O) groups excluding carboxylic acids is 1. The molecule has 2 unspecified atom stereocenters. The number of hydrogen-bond donors (Lipinski definition) is 2. The SMILES string of the molecule is CCC(C(=O)NC(CCOC(C)(C)C)C(=O)O)c1ccccc1. The van der Waals surface area contributed by atoms with E-state index in [1.54, 1.807) is 0 Å². The van der Waals surface area contributed by atoms with Gasteiger partial charge in [-0.1, -0.05) is 37.3 Å². The molecule has 5 heteroatoms. The number of carboxylic acid groups (broad SMARTS) is 1. The molecular weight excluding hydrogens is 294 g/mol. The van der Waals surface area contributed by atoms with E-state index in [-0.39, 0.29) is 30.5 Å². The molecular formula is C18H27NO4. The lowest BCUT2D eigenvalue weighted by Gasteiger charge is -2.23. The molecule has 0 spiro atoms. The first-order valence-electron chi connectivity index (χ1n) is 7.96. The predicted octanol–water partition coefficient (Wildman–Crippen LogP) is 2.95. The minimum Gasteiger partial charge on any atom is -0.480 e. The van der Waals surface area contributed by atoms with Crippen LogP contribution in [0.3, 0.4) is 0 Å². The third-order valence-electron chi connectivity index (χ3n) is 3.48. The Morgan fingerprint density at radius 3 is 2.30 bits per heavy atom. The lowest BCUT2D eigenvalue weighted by molar-refractivity contribution is -0.143. The second-order valence-electron chi connectivity index (χ2n) is 6.52. The van der Waals surface area contributed by atoms with Crippen LogP contribution in [0.25, 0.3) is 0 Å². The van der Waals surface area contributed by atoms with E-state index in [0.717, 1.165) is 5.56 Å². The van der Waals surface area contributed by atoms with Crippen LogP contribution in [0, 0.1) is 0 Å². The molecule has 1 amide bonds. The van der Waals surface area contributed by atoms with Crippen LogP contribution >= 0.6 is 0 Å². The first-order valence-corrected chi connectivity index (χ1v) is 7.96. The summed E-state index contributed by atoms with van der Waals surface area (Å²) in [6.45, 7) is 7.91. The molecule has 2 atom stereocenters.